The summed E-state index contributed by atoms with van der Waals surface area (Å²) in [5.41, 5.74) is 3.95. The van der Waals surface area contributed by atoms with E-state index >= 15 is 0 Å². The van der Waals surface area contributed by atoms with Crippen molar-refractivity contribution in [1.29, 1.82) is 0 Å². The Morgan fingerprint density at radius 2 is 1.16 bits per heavy atom. The molecule has 1 heterocycles. The highest BCUT2D eigenvalue weighted by molar-refractivity contribution is 5.66. The van der Waals surface area contributed by atoms with E-state index in [2.05, 4.69) is 4.98 Å². The zero-order chi connectivity index (χ0) is 13.1. The normalized spacial score (nSPS) is 10.3. The van der Waals surface area contributed by atoms with Gasteiger partial charge in [0.1, 0.15) is 5.75 Å². The molecular formula is C17H13NO. The van der Waals surface area contributed by atoms with E-state index in [1.807, 2.05) is 60.7 Å². The molecule has 1 N–H and O–H groups in total. The Labute approximate surface area is 112 Å². The van der Waals surface area contributed by atoms with Crippen LogP contribution >= 0.6 is 0 Å². The van der Waals surface area contributed by atoms with Gasteiger partial charge in [0.2, 0.25) is 0 Å². The van der Waals surface area contributed by atoms with Crippen molar-refractivity contribution >= 4 is 0 Å². The molecule has 0 unspecified atom stereocenters. The van der Waals surface area contributed by atoms with Gasteiger partial charge < -0.3 is 5.11 Å². The Hall–Kier alpha value is -2.61. The molecule has 0 radical (unpaired) electrons. The Bertz CT molecular complexity index is 675. The van der Waals surface area contributed by atoms with Crippen molar-refractivity contribution in [1.82, 2.24) is 4.98 Å². The van der Waals surface area contributed by atoms with Crippen LogP contribution in [0.2, 0.25) is 0 Å². The number of aromatic nitrogens is 1. The Kier molecular flexibility index (Phi) is 2.99. The van der Waals surface area contributed by atoms with Crippen LogP contribution in [0.1, 0.15) is 0 Å². The maximum Gasteiger partial charge on any atom is 0.115 e. The second-order valence-electron chi connectivity index (χ2n) is 4.32. The highest BCUT2D eigenvalue weighted by Gasteiger charge is 2.02. The quantitative estimate of drug-likeness (QED) is 0.738. The highest BCUT2D eigenvalue weighted by Crippen LogP contribution is 2.23. The molecule has 2 nitrogen and oxygen atoms in total. The van der Waals surface area contributed by atoms with Crippen LogP contribution in [0.15, 0.2) is 72.8 Å². The van der Waals surface area contributed by atoms with Crippen LogP contribution in [0.3, 0.4) is 0 Å². The number of benzene rings is 2. The molecule has 2 heteroatoms. The van der Waals surface area contributed by atoms with Gasteiger partial charge in [-0.1, -0.05) is 36.4 Å². The number of phenols is 1. The topological polar surface area (TPSA) is 33.1 Å². The van der Waals surface area contributed by atoms with Gasteiger partial charge in [-0.05, 0) is 36.4 Å². The standard InChI is InChI=1S/C17H13NO/c19-15-11-9-14(10-12-15)17-8-4-7-16(18-17)13-5-2-1-3-6-13/h1-12,19H. The average molecular weight is 247 g/mol. The summed E-state index contributed by atoms with van der Waals surface area (Å²) in [7, 11) is 0. The minimum Gasteiger partial charge on any atom is -0.508 e. The van der Waals surface area contributed by atoms with Gasteiger partial charge in [-0.15, -0.1) is 0 Å². The molecule has 0 fully saturated rings. The number of aromatic hydroxyl groups is 1. The number of nitrogens with zero attached hydrogens (tertiary/aromatic N) is 1. The van der Waals surface area contributed by atoms with Crippen molar-refractivity contribution in [2.24, 2.45) is 0 Å². The number of hydrogen-bond donors (Lipinski definition) is 1. The summed E-state index contributed by atoms with van der Waals surface area (Å²) in [6, 6.07) is 23.1. The largest absolute Gasteiger partial charge is 0.508 e. The minimum atomic E-state index is 0.267. The van der Waals surface area contributed by atoms with Crippen LogP contribution in [0.5, 0.6) is 5.75 Å². The van der Waals surface area contributed by atoms with Crippen LogP contribution in [0.4, 0.5) is 0 Å². The molecule has 0 atom stereocenters. The van der Waals surface area contributed by atoms with E-state index in [-0.39, 0.29) is 5.75 Å². The van der Waals surface area contributed by atoms with Gasteiger partial charge in [0.25, 0.3) is 0 Å². The molecule has 1 aromatic heterocycles. The SMILES string of the molecule is Oc1ccc(-c2cccc(-c3ccccc3)n2)cc1. The van der Waals surface area contributed by atoms with Crippen molar-refractivity contribution in [3.05, 3.63) is 72.8 Å². The van der Waals surface area contributed by atoms with Gasteiger partial charge in [-0.2, -0.15) is 0 Å². The summed E-state index contributed by atoms with van der Waals surface area (Å²) in [5, 5.41) is 9.32. The van der Waals surface area contributed by atoms with E-state index in [9.17, 15) is 5.11 Å². The van der Waals surface area contributed by atoms with Gasteiger partial charge in [0.05, 0.1) is 11.4 Å². The van der Waals surface area contributed by atoms with Gasteiger partial charge in [0, 0.05) is 11.1 Å². The molecule has 92 valence electrons. The van der Waals surface area contributed by atoms with Crippen LogP contribution < -0.4 is 0 Å². The van der Waals surface area contributed by atoms with Crippen LogP contribution in [0, 0.1) is 0 Å². The molecule has 0 aliphatic rings. The molecule has 3 aromatic rings. The Balaban J connectivity index is 2.03. The summed E-state index contributed by atoms with van der Waals surface area (Å²) >= 11 is 0. The lowest BCUT2D eigenvalue weighted by atomic mass is 10.1. The molecule has 0 saturated carbocycles. The summed E-state index contributed by atoms with van der Waals surface area (Å²) in [5.74, 6) is 0.267. The third-order valence-corrected chi connectivity index (χ3v) is 2.98. The average Bonchev–Trinajstić information content (AvgIpc) is 2.49. The fraction of sp³-hybridized carbons (Fsp3) is 0. The van der Waals surface area contributed by atoms with E-state index in [0.29, 0.717) is 0 Å². The first-order chi connectivity index (χ1) is 9.33. The van der Waals surface area contributed by atoms with Crippen LogP contribution in [-0.2, 0) is 0 Å². The molecule has 0 aliphatic carbocycles. The van der Waals surface area contributed by atoms with E-state index in [1.54, 1.807) is 12.1 Å². The van der Waals surface area contributed by atoms with Gasteiger partial charge in [-0.3, -0.25) is 0 Å². The molecule has 19 heavy (non-hydrogen) atoms. The van der Waals surface area contributed by atoms with Crippen LogP contribution in [0.25, 0.3) is 22.5 Å². The predicted molar refractivity (Wildman–Crippen MR) is 76.8 cm³/mol. The number of rotatable bonds is 2. The number of phenolic OH excluding ortho intramolecular Hbond substituents is 1. The van der Waals surface area contributed by atoms with Crippen molar-refractivity contribution < 1.29 is 5.11 Å². The highest BCUT2D eigenvalue weighted by atomic mass is 16.3. The van der Waals surface area contributed by atoms with Crippen molar-refractivity contribution in [3.8, 4) is 28.3 Å². The molecule has 2 aromatic carbocycles. The molecule has 3 rings (SSSR count). The maximum absolute atomic E-state index is 9.32. The first-order valence-corrected chi connectivity index (χ1v) is 6.15. The van der Waals surface area contributed by atoms with Crippen molar-refractivity contribution in [2.75, 3.05) is 0 Å². The maximum atomic E-state index is 9.32. The first-order valence-electron chi connectivity index (χ1n) is 6.15. The zero-order valence-electron chi connectivity index (χ0n) is 10.3. The lowest BCUT2D eigenvalue weighted by Crippen LogP contribution is -1.87. The lowest BCUT2D eigenvalue weighted by molar-refractivity contribution is 0.475. The fourth-order valence-electron chi connectivity index (χ4n) is 2.00. The van der Waals surface area contributed by atoms with Crippen molar-refractivity contribution in [3.63, 3.8) is 0 Å². The number of pyridine rings is 1. The summed E-state index contributed by atoms with van der Waals surface area (Å²) in [6.45, 7) is 0. The minimum absolute atomic E-state index is 0.267. The summed E-state index contributed by atoms with van der Waals surface area (Å²) < 4.78 is 0. The summed E-state index contributed by atoms with van der Waals surface area (Å²) in [4.78, 5) is 4.66. The molecule has 0 spiro atoms. The molecule has 0 amide bonds. The third kappa shape index (κ3) is 2.47. The number of hydrogen-bond acceptors (Lipinski definition) is 2. The fourth-order valence-corrected chi connectivity index (χ4v) is 2.00. The van der Waals surface area contributed by atoms with E-state index in [4.69, 9.17) is 0 Å². The monoisotopic (exact) mass is 247 g/mol. The van der Waals surface area contributed by atoms with Gasteiger partial charge in [0.15, 0.2) is 0 Å². The van der Waals surface area contributed by atoms with E-state index in [0.717, 1.165) is 22.5 Å². The van der Waals surface area contributed by atoms with E-state index in [1.165, 1.54) is 0 Å². The van der Waals surface area contributed by atoms with Gasteiger partial charge >= 0.3 is 0 Å². The Morgan fingerprint density at radius 1 is 0.579 bits per heavy atom. The Morgan fingerprint density at radius 3 is 1.79 bits per heavy atom. The second kappa shape index (κ2) is 4.94. The van der Waals surface area contributed by atoms with Crippen LogP contribution in [-0.4, -0.2) is 10.1 Å². The third-order valence-electron chi connectivity index (χ3n) is 2.98. The smallest absolute Gasteiger partial charge is 0.115 e. The molecule has 0 bridgehead atoms. The molecule has 0 aliphatic heterocycles. The van der Waals surface area contributed by atoms with E-state index < -0.39 is 0 Å². The van der Waals surface area contributed by atoms with Crippen molar-refractivity contribution in [2.45, 2.75) is 0 Å². The zero-order valence-corrected chi connectivity index (χ0v) is 10.3. The lowest BCUT2D eigenvalue weighted by Gasteiger charge is -2.05. The molecular weight excluding hydrogens is 234 g/mol. The molecule has 0 saturated heterocycles. The predicted octanol–water partition coefficient (Wildman–Crippen LogP) is 4.12. The second-order valence-corrected chi connectivity index (χ2v) is 4.32. The first kappa shape index (κ1) is 11.5. The van der Waals surface area contributed by atoms with Gasteiger partial charge in [-0.25, -0.2) is 4.98 Å². The summed E-state index contributed by atoms with van der Waals surface area (Å²) in [6.07, 6.45) is 0.